The van der Waals surface area contributed by atoms with Crippen LogP contribution in [0.5, 0.6) is 0 Å². The van der Waals surface area contributed by atoms with Crippen LogP contribution in [0, 0.1) is 0 Å². The molecule has 0 amide bonds. The van der Waals surface area contributed by atoms with E-state index >= 15 is 0 Å². The number of hydrogen-bond donors (Lipinski definition) is 1. The van der Waals surface area contributed by atoms with Gasteiger partial charge in [-0.3, -0.25) is 0 Å². The summed E-state index contributed by atoms with van der Waals surface area (Å²) in [5.74, 6) is 2.11. The monoisotopic (exact) mass is 294 g/mol. The third kappa shape index (κ3) is 3.72. The molecule has 1 unspecified atom stereocenters. The minimum absolute atomic E-state index is 0.278. The lowest BCUT2D eigenvalue weighted by Crippen LogP contribution is -2.45. The number of aromatic nitrogens is 3. The van der Waals surface area contributed by atoms with Crippen molar-refractivity contribution < 1.29 is 4.74 Å². The van der Waals surface area contributed by atoms with Crippen molar-refractivity contribution in [1.82, 2.24) is 15.0 Å². The molecule has 7 heteroatoms. The number of ether oxygens (including phenoxy) is 1. The standard InChI is InChI=1S/C14H26N6O/c1-5-15-12-16-13(19(6-2)7-3)18-14(17-12)20-8-9-21-10-11(20)4/h11H,5-10H2,1-4H3,(H,15,16,17,18). The molecule has 0 aromatic carbocycles. The summed E-state index contributed by atoms with van der Waals surface area (Å²) in [6.45, 7) is 13.2. The molecule has 2 heterocycles. The van der Waals surface area contributed by atoms with E-state index in [0.29, 0.717) is 19.2 Å². The van der Waals surface area contributed by atoms with Crippen molar-refractivity contribution in [2.75, 3.05) is 54.5 Å². The summed E-state index contributed by atoms with van der Waals surface area (Å²) in [5, 5.41) is 3.20. The fourth-order valence-corrected chi connectivity index (χ4v) is 2.39. The maximum absolute atomic E-state index is 5.49. The molecule has 0 aliphatic carbocycles. The second kappa shape index (κ2) is 7.40. The van der Waals surface area contributed by atoms with Crippen LogP contribution in [0.3, 0.4) is 0 Å². The van der Waals surface area contributed by atoms with E-state index in [2.05, 4.69) is 50.8 Å². The zero-order valence-corrected chi connectivity index (χ0v) is 13.5. The maximum atomic E-state index is 5.49. The summed E-state index contributed by atoms with van der Waals surface area (Å²) in [4.78, 5) is 18.1. The fourth-order valence-electron chi connectivity index (χ4n) is 2.39. The predicted octanol–water partition coefficient (Wildman–Crippen LogP) is 1.37. The molecule has 21 heavy (non-hydrogen) atoms. The fraction of sp³-hybridized carbons (Fsp3) is 0.786. The van der Waals surface area contributed by atoms with Crippen LogP contribution in [-0.4, -0.2) is 60.4 Å². The van der Waals surface area contributed by atoms with Crippen molar-refractivity contribution in [3.8, 4) is 0 Å². The van der Waals surface area contributed by atoms with Crippen LogP contribution in [0.4, 0.5) is 17.8 Å². The molecular formula is C14H26N6O. The van der Waals surface area contributed by atoms with Gasteiger partial charge in [-0.25, -0.2) is 0 Å². The van der Waals surface area contributed by atoms with Gasteiger partial charge in [-0.1, -0.05) is 0 Å². The summed E-state index contributed by atoms with van der Waals surface area (Å²) in [6, 6.07) is 0.278. The molecule has 1 saturated heterocycles. The largest absolute Gasteiger partial charge is 0.377 e. The molecule has 7 nitrogen and oxygen atoms in total. The predicted molar refractivity (Wildman–Crippen MR) is 85.2 cm³/mol. The van der Waals surface area contributed by atoms with Crippen molar-refractivity contribution in [3.63, 3.8) is 0 Å². The highest BCUT2D eigenvalue weighted by Crippen LogP contribution is 2.20. The van der Waals surface area contributed by atoms with Gasteiger partial charge in [0.2, 0.25) is 17.8 Å². The Morgan fingerprint density at radius 2 is 2.00 bits per heavy atom. The lowest BCUT2D eigenvalue weighted by Gasteiger charge is -2.33. The van der Waals surface area contributed by atoms with Crippen molar-refractivity contribution in [2.24, 2.45) is 0 Å². The molecule has 0 spiro atoms. The van der Waals surface area contributed by atoms with Crippen molar-refractivity contribution in [2.45, 2.75) is 33.7 Å². The van der Waals surface area contributed by atoms with Crippen LogP contribution >= 0.6 is 0 Å². The van der Waals surface area contributed by atoms with Gasteiger partial charge in [0, 0.05) is 26.2 Å². The smallest absolute Gasteiger partial charge is 0.232 e. The molecular weight excluding hydrogens is 268 g/mol. The summed E-state index contributed by atoms with van der Waals surface area (Å²) >= 11 is 0. The van der Waals surface area contributed by atoms with Gasteiger partial charge in [0.05, 0.1) is 19.3 Å². The molecule has 2 rings (SSSR count). The molecule has 1 aromatic rings. The average Bonchev–Trinajstić information content (AvgIpc) is 2.49. The van der Waals surface area contributed by atoms with Gasteiger partial charge in [-0.15, -0.1) is 0 Å². The second-order valence-corrected chi connectivity index (χ2v) is 5.08. The zero-order chi connectivity index (χ0) is 15.2. The van der Waals surface area contributed by atoms with Gasteiger partial charge in [0.25, 0.3) is 0 Å². The number of morpholine rings is 1. The third-order valence-electron chi connectivity index (χ3n) is 3.62. The van der Waals surface area contributed by atoms with Gasteiger partial charge < -0.3 is 19.9 Å². The zero-order valence-electron chi connectivity index (χ0n) is 13.5. The maximum Gasteiger partial charge on any atom is 0.232 e. The molecule has 0 bridgehead atoms. The molecule has 1 aliphatic heterocycles. The van der Waals surface area contributed by atoms with E-state index in [0.717, 1.165) is 38.1 Å². The first-order chi connectivity index (χ1) is 10.2. The quantitative estimate of drug-likeness (QED) is 0.850. The van der Waals surface area contributed by atoms with E-state index in [-0.39, 0.29) is 6.04 Å². The normalized spacial score (nSPS) is 18.7. The summed E-state index contributed by atoms with van der Waals surface area (Å²) in [6.07, 6.45) is 0. The van der Waals surface area contributed by atoms with Crippen LogP contribution < -0.4 is 15.1 Å². The lowest BCUT2D eigenvalue weighted by molar-refractivity contribution is 0.0981. The number of anilines is 3. The van der Waals surface area contributed by atoms with E-state index in [1.165, 1.54) is 0 Å². The Morgan fingerprint density at radius 1 is 1.24 bits per heavy atom. The average molecular weight is 294 g/mol. The first kappa shape index (κ1) is 15.8. The number of hydrogen-bond acceptors (Lipinski definition) is 7. The number of nitrogens with zero attached hydrogens (tertiary/aromatic N) is 5. The van der Waals surface area contributed by atoms with Crippen molar-refractivity contribution in [1.29, 1.82) is 0 Å². The molecule has 118 valence electrons. The molecule has 1 atom stereocenters. The van der Waals surface area contributed by atoms with Crippen molar-refractivity contribution >= 4 is 17.8 Å². The van der Waals surface area contributed by atoms with Crippen LogP contribution in [0.15, 0.2) is 0 Å². The Bertz CT molecular complexity index is 451. The Hall–Kier alpha value is -1.63. The van der Waals surface area contributed by atoms with E-state index in [1.54, 1.807) is 0 Å². The van der Waals surface area contributed by atoms with E-state index in [1.807, 2.05) is 6.92 Å². The Balaban J connectivity index is 2.34. The van der Waals surface area contributed by atoms with Crippen LogP contribution in [-0.2, 0) is 4.74 Å². The Kier molecular flexibility index (Phi) is 5.55. The number of nitrogens with one attached hydrogen (secondary N) is 1. The molecule has 0 saturated carbocycles. The topological polar surface area (TPSA) is 66.4 Å². The highest BCUT2D eigenvalue weighted by Gasteiger charge is 2.23. The SMILES string of the molecule is CCNc1nc(N(CC)CC)nc(N2CCOCC2C)n1. The van der Waals surface area contributed by atoms with Gasteiger partial charge in [0.15, 0.2) is 0 Å². The molecule has 1 aliphatic rings. The molecule has 1 aromatic heterocycles. The van der Waals surface area contributed by atoms with Gasteiger partial charge in [-0.2, -0.15) is 15.0 Å². The lowest BCUT2D eigenvalue weighted by atomic mass is 10.3. The molecule has 1 N–H and O–H groups in total. The van der Waals surface area contributed by atoms with Gasteiger partial charge in [-0.05, 0) is 27.7 Å². The Morgan fingerprint density at radius 3 is 2.62 bits per heavy atom. The minimum atomic E-state index is 0.278. The van der Waals surface area contributed by atoms with E-state index in [9.17, 15) is 0 Å². The van der Waals surface area contributed by atoms with Crippen LogP contribution in [0.2, 0.25) is 0 Å². The van der Waals surface area contributed by atoms with Gasteiger partial charge in [0.1, 0.15) is 0 Å². The van der Waals surface area contributed by atoms with E-state index in [4.69, 9.17) is 4.74 Å². The highest BCUT2D eigenvalue weighted by atomic mass is 16.5. The summed E-state index contributed by atoms with van der Waals surface area (Å²) in [5.41, 5.74) is 0. The first-order valence-corrected chi connectivity index (χ1v) is 7.78. The molecule has 1 fully saturated rings. The minimum Gasteiger partial charge on any atom is -0.377 e. The summed E-state index contributed by atoms with van der Waals surface area (Å²) < 4.78 is 5.49. The van der Waals surface area contributed by atoms with Crippen LogP contribution in [0.1, 0.15) is 27.7 Å². The summed E-state index contributed by atoms with van der Waals surface area (Å²) in [7, 11) is 0. The van der Waals surface area contributed by atoms with E-state index < -0.39 is 0 Å². The highest BCUT2D eigenvalue weighted by molar-refractivity contribution is 5.46. The Labute approximate surface area is 126 Å². The van der Waals surface area contributed by atoms with Crippen molar-refractivity contribution in [3.05, 3.63) is 0 Å². The van der Waals surface area contributed by atoms with Crippen LogP contribution in [0.25, 0.3) is 0 Å². The molecule has 0 radical (unpaired) electrons. The first-order valence-electron chi connectivity index (χ1n) is 7.78. The second-order valence-electron chi connectivity index (χ2n) is 5.08. The van der Waals surface area contributed by atoms with Gasteiger partial charge >= 0.3 is 0 Å². The number of rotatable bonds is 6. The third-order valence-corrected chi connectivity index (χ3v) is 3.62.